The molecule has 0 aliphatic rings. The molecule has 0 fully saturated rings. The molecule has 0 radical (unpaired) electrons. The summed E-state index contributed by atoms with van der Waals surface area (Å²) < 4.78 is 7.71. The van der Waals surface area contributed by atoms with Gasteiger partial charge in [-0.3, -0.25) is 13.9 Å². The summed E-state index contributed by atoms with van der Waals surface area (Å²) in [5, 5.41) is 0.309. The standard InChI is InChI=1S/C17H15ClN2O4S/c1-19-15-12(14(21)20(8-7-18)17(19)23)9-13(25-15)16(22)24-10-11-5-3-2-4-6-11/h2-6,9H,7-8,10H2,1H3. The van der Waals surface area contributed by atoms with Gasteiger partial charge in [0.15, 0.2) is 0 Å². The van der Waals surface area contributed by atoms with Crippen LogP contribution < -0.4 is 11.2 Å². The number of hydrogen-bond acceptors (Lipinski definition) is 5. The molecule has 0 saturated heterocycles. The topological polar surface area (TPSA) is 70.3 Å². The van der Waals surface area contributed by atoms with Gasteiger partial charge in [-0.2, -0.15) is 0 Å². The van der Waals surface area contributed by atoms with Gasteiger partial charge in [-0.25, -0.2) is 9.59 Å². The van der Waals surface area contributed by atoms with E-state index in [-0.39, 0.29) is 23.9 Å². The number of rotatable bonds is 5. The molecule has 0 amide bonds. The molecule has 0 saturated carbocycles. The summed E-state index contributed by atoms with van der Waals surface area (Å²) in [6.07, 6.45) is 0. The summed E-state index contributed by atoms with van der Waals surface area (Å²) in [4.78, 5) is 37.7. The molecule has 0 spiro atoms. The van der Waals surface area contributed by atoms with Crippen LogP contribution in [-0.2, 0) is 24.9 Å². The van der Waals surface area contributed by atoms with E-state index < -0.39 is 17.2 Å². The largest absolute Gasteiger partial charge is 0.457 e. The van der Waals surface area contributed by atoms with Crippen LogP contribution in [0.5, 0.6) is 0 Å². The number of benzene rings is 1. The number of carbonyl (C=O) groups is 1. The van der Waals surface area contributed by atoms with Gasteiger partial charge >= 0.3 is 11.7 Å². The monoisotopic (exact) mass is 378 g/mol. The third-order valence-electron chi connectivity index (χ3n) is 3.73. The summed E-state index contributed by atoms with van der Waals surface area (Å²) in [6.45, 7) is 0.260. The van der Waals surface area contributed by atoms with Crippen LogP contribution in [0, 0.1) is 0 Å². The molecule has 0 bridgehead atoms. The Morgan fingerprint density at radius 2 is 1.96 bits per heavy atom. The van der Waals surface area contributed by atoms with Gasteiger partial charge in [-0.15, -0.1) is 22.9 Å². The maximum atomic E-state index is 12.5. The highest BCUT2D eigenvalue weighted by Gasteiger charge is 2.18. The molecule has 0 unspecified atom stereocenters. The van der Waals surface area contributed by atoms with Crippen molar-refractivity contribution in [2.45, 2.75) is 13.2 Å². The zero-order chi connectivity index (χ0) is 18.0. The lowest BCUT2D eigenvalue weighted by Gasteiger charge is -2.05. The van der Waals surface area contributed by atoms with Crippen LogP contribution in [0.4, 0.5) is 0 Å². The van der Waals surface area contributed by atoms with E-state index in [1.165, 1.54) is 10.6 Å². The number of fused-ring (bicyclic) bond motifs is 1. The van der Waals surface area contributed by atoms with Crippen molar-refractivity contribution in [2.75, 3.05) is 5.88 Å². The van der Waals surface area contributed by atoms with E-state index in [0.29, 0.717) is 10.2 Å². The molecule has 0 N–H and O–H groups in total. The van der Waals surface area contributed by atoms with Gasteiger partial charge in [-0.05, 0) is 11.6 Å². The lowest BCUT2D eigenvalue weighted by Crippen LogP contribution is -2.38. The Labute approximate surface area is 151 Å². The fourth-order valence-corrected chi connectivity index (χ4v) is 3.63. The number of nitrogens with zero attached hydrogens (tertiary/aromatic N) is 2. The average molecular weight is 379 g/mol. The van der Waals surface area contributed by atoms with Gasteiger partial charge in [0.2, 0.25) is 0 Å². The number of carbonyl (C=O) groups excluding carboxylic acids is 1. The summed E-state index contributed by atoms with van der Waals surface area (Å²) in [5.41, 5.74) is -0.0323. The number of ether oxygens (including phenoxy) is 1. The summed E-state index contributed by atoms with van der Waals surface area (Å²) >= 11 is 6.72. The Morgan fingerprint density at radius 1 is 1.24 bits per heavy atom. The fourth-order valence-electron chi connectivity index (χ4n) is 2.46. The molecule has 0 atom stereocenters. The van der Waals surface area contributed by atoms with E-state index in [4.69, 9.17) is 16.3 Å². The molecule has 3 rings (SSSR count). The molecule has 2 aromatic heterocycles. The van der Waals surface area contributed by atoms with E-state index in [9.17, 15) is 14.4 Å². The van der Waals surface area contributed by atoms with Crippen LogP contribution >= 0.6 is 22.9 Å². The molecule has 2 heterocycles. The molecule has 3 aromatic rings. The Balaban J connectivity index is 1.94. The maximum absolute atomic E-state index is 12.5. The van der Waals surface area contributed by atoms with Crippen molar-refractivity contribution in [3.05, 3.63) is 67.7 Å². The first-order valence-electron chi connectivity index (χ1n) is 7.53. The second-order valence-electron chi connectivity index (χ2n) is 5.38. The summed E-state index contributed by atoms with van der Waals surface area (Å²) in [5.74, 6) is -0.377. The first-order chi connectivity index (χ1) is 12.0. The lowest BCUT2D eigenvalue weighted by atomic mass is 10.2. The van der Waals surface area contributed by atoms with Gasteiger partial charge in [0.25, 0.3) is 5.56 Å². The maximum Gasteiger partial charge on any atom is 0.348 e. The second kappa shape index (κ2) is 7.25. The highest BCUT2D eigenvalue weighted by molar-refractivity contribution is 7.20. The predicted molar refractivity (Wildman–Crippen MR) is 97.6 cm³/mol. The zero-order valence-corrected chi connectivity index (χ0v) is 15.0. The molecule has 8 heteroatoms. The third kappa shape index (κ3) is 3.38. The van der Waals surface area contributed by atoms with Crippen LogP contribution in [0.3, 0.4) is 0 Å². The van der Waals surface area contributed by atoms with Crippen molar-refractivity contribution in [1.82, 2.24) is 9.13 Å². The van der Waals surface area contributed by atoms with Gasteiger partial charge in [-0.1, -0.05) is 30.3 Å². The first-order valence-corrected chi connectivity index (χ1v) is 8.88. The van der Waals surface area contributed by atoms with Crippen LogP contribution in [0.25, 0.3) is 10.2 Å². The Morgan fingerprint density at radius 3 is 2.64 bits per heavy atom. The average Bonchev–Trinajstić information content (AvgIpc) is 3.08. The fraction of sp³-hybridized carbons (Fsp3) is 0.235. The minimum atomic E-state index is -0.527. The number of halogens is 1. The van der Waals surface area contributed by atoms with Gasteiger partial charge in [0.05, 0.1) is 5.39 Å². The van der Waals surface area contributed by atoms with Crippen molar-refractivity contribution in [3.8, 4) is 0 Å². The smallest absolute Gasteiger partial charge is 0.348 e. The Kier molecular flexibility index (Phi) is 5.06. The Bertz CT molecular complexity index is 1040. The van der Waals surface area contributed by atoms with E-state index in [2.05, 4.69) is 0 Å². The Hall–Kier alpha value is -2.38. The van der Waals surface area contributed by atoms with E-state index >= 15 is 0 Å². The molecular weight excluding hydrogens is 364 g/mol. The van der Waals surface area contributed by atoms with Gasteiger partial charge in [0, 0.05) is 19.5 Å². The van der Waals surface area contributed by atoms with Crippen LogP contribution in [-0.4, -0.2) is 21.0 Å². The third-order valence-corrected chi connectivity index (χ3v) is 5.09. The van der Waals surface area contributed by atoms with Crippen molar-refractivity contribution in [3.63, 3.8) is 0 Å². The molecule has 0 aliphatic carbocycles. The number of aromatic nitrogens is 2. The molecule has 1 aromatic carbocycles. The highest BCUT2D eigenvalue weighted by atomic mass is 35.5. The van der Waals surface area contributed by atoms with Crippen LogP contribution in [0.15, 0.2) is 46.0 Å². The summed E-state index contributed by atoms with van der Waals surface area (Å²) in [6, 6.07) is 10.8. The SMILES string of the molecule is Cn1c(=O)n(CCCl)c(=O)c2cc(C(=O)OCc3ccccc3)sc21. The summed E-state index contributed by atoms with van der Waals surface area (Å²) in [7, 11) is 1.56. The quantitative estimate of drug-likeness (QED) is 0.504. The molecule has 130 valence electrons. The minimum Gasteiger partial charge on any atom is -0.457 e. The first kappa shape index (κ1) is 17.4. The van der Waals surface area contributed by atoms with Crippen molar-refractivity contribution < 1.29 is 9.53 Å². The van der Waals surface area contributed by atoms with Gasteiger partial charge < -0.3 is 4.74 Å². The van der Waals surface area contributed by atoms with Gasteiger partial charge in [0.1, 0.15) is 16.3 Å². The number of hydrogen-bond donors (Lipinski definition) is 0. The highest BCUT2D eigenvalue weighted by Crippen LogP contribution is 2.22. The number of alkyl halides is 1. The van der Waals surface area contributed by atoms with Crippen LogP contribution in [0.2, 0.25) is 0 Å². The number of esters is 1. The van der Waals surface area contributed by atoms with E-state index in [0.717, 1.165) is 21.5 Å². The molecular formula is C17H15ClN2O4S. The number of thiophene rings is 1. The van der Waals surface area contributed by atoms with Crippen molar-refractivity contribution in [2.24, 2.45) is 7.05 Å². The number of aryl methyl sites for hydroxylation is 1. The predicted octanol–water partition coefficient (Wildman–Crippen LogP) is 2.36. The van der Waals surface area contributed by atoms with Crippen LogP contribution in [0.1, 0.15) is 15.2 Å². The zero-order valence-electron chi connectivity index (χ0n) is 13.4. The molecule has 6 nitrogen and oxygen atoms in total. The van der Waals surface area contributed by atoms with E-state index in [1.807, 2.05) is 30.3 Å². The lowest BCUT2D eigenvalue weighted by molar-refractivity contribution is 0.0478. The molecule has 0 aliphatic heterocycles. The van der Waals surface area contributed by atoms with Crippen molar-refractivity contribution >= 4 is 39.1 Å². The minimum absolute atomic E-state index is 0.118. The molecule has 25 heavy (non-hydrogen) atoms. The second-order valence-corrected chi connectivity index (χ2v) is 6.79. The van der Waals surface area contributed by atoms with E-state index in [1.54, 1.807) is 7.05 Å². The normalized spacial score (nSPS) is 11.0. The van der Waals surface area contributed by atoms with Crippen molar-refractivity contribution in [1.29, 1.82) is 0 Å².